The highest BCUT2D eigenvalue weighted by molar-refractivity contribution is 7.99. The van der Waals surface area contributed by atoms with Gasteiger partial charge in [-0.2, -0.15) is 38.1 Å². The number of hydrogen-bond donors (Lipinski definition) is 1. The monoisotopic (exact) mass is 603 g/mol. The third-order valence-corrected chi connectivity index (χ3v) is 8.26. The molecule has 0 saturated heterocycles. The Bertz CT molecular complexity index is 1130. The lowest BCUT2D eigenvalue weighted by atomic mass is 9.89. The van der Waals surface area contributed by atoms with Crippen LogP contribution in [0.2, 0.25) is 15.1 Å². The number of carbonyl (C=O) groups excluding carboxylic acids is 1. The Morgan fingerprint density at radius 1 is 1.08 bits per heavy atom. The van der Waals surface area contributed by atoms with E-state index >= 15 is 0 Å². The predicted octanol–water partition coefficient (Wildman–Crippen LogP) is 9.19. The molecule has 1 N–H and O–H groups in total. The van der Waals surface area contributed by atoms with E-state index < -0.39 is 30.6 Å². The Morgan fingerprint density at radius 2 is 1.76 bits per heavy atom. The number of fused-ring (bicyclic) bond motifs is 1. The minimum atomic E-state index is -4.58. The largest absolute Gasteiger partial charge is 0.399 e. The number of rotatable bonds is 8. The van der Waals surface area contributed by atoms with Crippen LogP contribution in [0, 0.1) is 0 Å². The number of halogens is 9. The number of allylic oxidation sites excluding steroid dienone is 1. The molecule has 2 nitrogen and oxygen atoms in total. The number of aryl methyl sites for hydroxylation is 1. The van der Waals surface area contributed by atoms with Crippen LogP contribution in [0.1, 0.15) is 52.7 Å². The van der Waals surface area contributed by atoms with E-state index in [-0.39, 0.29) is 32.4 Å². The van der Waals surface area contributed by atoms with Gasteiger partial charge in [-0.3, -0.25) is 4.79 Å². The van der Waals surface area contributed by atoms with E-state index in [4.69, 9.17) is 34.8 Å². The smallest absolute Gasteiger partial charge is 0.355 e. The molecule has 202 valence electrons. The second-order valence-electron chi connectivity index (χ2n) is 8.53. The molecular weight excluding hydrogens is 583 g/mol. The van der Waals surface area contributed by atoms with Gasteiger partial charge < -0.3 is 5.32 Å². The molecule has 1 aliphatic rings. The van der Waals surface area contributed by atoms with E-state index in [1.165, 1.54) is 17.8 Å². The molecule has 1 amide bonds. The molecule has 2 aromatic rings. The summed E-state index contributed by atoms with van der Waals surface area (Å²) >= 11 is 19.3. The van der Waals surface area contributed by atoms with Gasteiger partial charge in [0.15, 0.2) is 0 Å². The highest BCUT2D eigenvalue weighted by Gasteiger charge is 2.39. The number of amides is 1. The molecule has 0 radical (unpaired) electrons. The summed E-state index contributed by atoms with van der Waals surface area (Å²) in [6.45, 7) is 0.115. The van der Waals surface area contributed by atoms with E-state index in [9.17, 15) is 31.1 Å². The quantitative estimate of drug-likeness (QED) is 0.185. The van der Waals surface area contributed by atoms with Crippen molar-refractivity contribution in [1.29, 1.82) is 0 Å². The molecule has 2 atom stereocenters. The summed E-state index contributed by atoms with van der Waals surface area (Å²) in [7, 11) is 0. The van der Waals surface area contributed by atoms with E-state index in [1.807, 2.05) is 12.1 Å². The lowest BCUT2D eigenvalue weighted by molar-refractivity contribution is -0.153. The van der Waals surface area contributed by atoms with Crippen LogP contribution in [-0.2, 0) is 11.2 Å². The molecule has 0 spiro atoms. The third-order valence-electron chi connectivity index (χ3n) is 5.73. The molecule has 0 heterocycles. The van der Waals surface area contributed by atoms with E-state index in [0.29, 0.717) is 11.3 Å². The van der Waals surface area contributed by atoms with Crippen LogP contribution in [0.25, 0.3) is 6.08 Å². The molecule has 2 aromatic carbocycles. The van der Waals surface area contributed by atoms with Crippen LogP contribution >= 0.6 is 46.6 Å². The fourth-order valence-electron chi connectivity index (χ4n) is 4.07. The Labute approximate surface area is 229 Å². The number of benzene rings is 2. The molecule has 0 saturated carbocycles. The second kappa shape index (κ2) is 12.5. The lowest BCUT2D eigenvalue weighted by Crippen LogP contribution is -2.30. The minimum Gasteiger partial charge on any atom is -0.355 e. The van der Waals surface area contributed by atoms with Gasteiger partial charge >= 0.3 is 12.4 Å². The topological polar surface area (TPSA) is 29.1 Å². The van der Waals surface area contributed by atoms with E-state index in [0.717, 1.165) is 48.6 Å². The Morgan fingerprint density at radius 3 is 2.38 bits per heavy atom. The van der Waals surface area contributed by atoms with Crippen molar-refractivity contribution in [3.63, 3.8) is 0 Å². The normalized spacial score (nSPS) is 17.1. The Kier molecular flexibility index (Phi) is 10.2. The summed E-state index contributed by atoms with van der Waals surface area (Å²) in [6.07, 6.45) is -5.68. The summed E-state index contributed by atoms with van der Waals surface area (Å²) in [6, 6.07) is 7.75. The average Bonchev–Trinajstić information content (AvgIpc) is 2.78. The van der Waals surface area contributed by atoms with Crippen molar-refractivity contribution in [3.05, 3.63) is 73.7 Å². The Hall–Kier alpha value is -1.55. The van der Waals surface area contributed by atoms with Crippen molar-refractivity contribution in [2.24, 2.45) is 0 Å². The zero-order valence-electron chi connectivity index (χ0n) is 19.2. The molecule has 3 rings (SSSR count). The van der Waals surface area contributed by atoms with Crippen LogP contribution in [-0.4, -0.2) is 30.6 Å². The number of nitrogens with one attached hydrogen (secondary N) is 1. The van der Waals surface area contributed by atoms with Crippen LogP contribution in [0.4, 0.5) is 26.3 Å². The maximum absolute atomic E-state index is 13.8. The van der Waals surface area contributed by atoms with Crippen molar-refractivity contribution in [3.8, 4) is 0 Å². The first-order valence-corrected chi connectivity index (χ1v) is 13.4. The van der Waals surface area contributed by atoms with Crippen molar-refractivity contribution in [2.45, 2.75) is 49.2 Å². The minimum absolute atomic E-state index is 0.0113. The second-order valence-corrected chi connectivity index (χ2v) is 11.0. The molecule has 0 fully saturated rings. The number of alkyl halides is 6. The summed E-state index contributed by atoms with van der Waals surface area (Å²) in [5.41, 5.74) is 2.52. The van der Waals surface area contributed by atoms with Crippen molar-refractivity contribution in [2.75, 3.05) is 12.3 Å². The first kappa shape index (κ1) is 30.0. The van der Waals surface area contributed by atoms with E-state index in [2.05, 4.69) is 5.32 Å². The van der Waals surface area contributed by atoms with Crippen LogP contribution < -0.4 is 5.32 Å². The SMILES string of the molecule is O=C(CC(F)(F)F)NCCSC1CCCc2cc(/C=C/C(c3cc(Cl)c(Cl)c(Cl)c3)C(F)(F)F)ccc21. The number of thioether (sulfide) groups is 1. The van der Waals surface area contributed by atoms with Crippen LogP contribution in [0.3, 0.4) is 0 Å². The zero-order valence-corrected chi connectivity index (χ0v) is 22.2. The van der Waals surface area contributed by atoms with Crippen molar-refractivity contribution in [1.82, 2.24) is 5.32 Å². The standard InChI is InChI=1S/C25H22Cl3F6NOS/c26-19-11-16(12-20(27)23(19)28)18(25(32,33)34)7-5-14-4-6-17-15(10-14)2-1-3-21(17)37-9-8-35-22(36)13-24(29,30)31/h4-7,10-12,18,21H,1-3,8-9,13H2,(H,35,36)/b7-5+. The molecule has 12 heteroatoms. The summed E-state index contributed by atoms with van der Waals surface area (Å²) in [4.78, 5) is 11.3. The first-order chi connectivity index (χ1) is 17.2. The average molecular weight is 605 g/mol. The van der Waals surface area contributed by atoms with Gasteiger partial charge in [0, 0.05) is 17.5 Å². The maximum atomic E-state index is 13.8. The van der Waals surface area contributed by atoms with E-state index in [1.54, 1.807) is 6.07 Å². The zero-order chi connectivity index (χ0) is 27.4. The molecule has 2 unspecified atom stereocenters. The van der Waals surface area contributed by atoms with Crippen molar-refractivity contribution < 1.29 is 31.1 Å². The van der Waals surface area contributed by atoms with Crippen molar-refractivity contribution >= 4 is 58.5 Å². The first-order valence-electron chi connectivity index (χ1n) is 11.2. The maximum Gasteiger partial charge on any atom is 0.399 e. The number of hydrogen-bond acceptors (Lipinski definition) is 2. The van der Waals surface area contributed by atoms with Gasteiger partial charge in [-0.05, 0) is 53.6 Å². The molecule has 0 aliphatic heterocycles. The fraction of sp³-hybridized carbons (Fsp3) is 0.400. The molecule has 37 heavy (non-hydrogen) atoms. The molecule has 0 aromatic heterocycles. The summed E-state index contributed by atoms with van der Waals surface area (Å²) in [5.74, 6) is -2.56. The summed E-state index contributed by atoms with van der Waals surface area (Å²) in [5, 5.41) is 2.21. The highest BCUT2D eigenvalue weighted by Crippen LogP contribution is 2.42. The summed E-state index contributed by atoms with van der Waals surface area (Å²) < 4.78 is 78.2. The van der Waals surface area contributed by atoms with Gasteiger partial charge in [-0.1, -0.05) is 65.2 Å². The van der Waals surface area contributed by atoms with Crippen LogP contribution in [0.15, 0.2) is 36.4 Å². The molecular formula is C25H22Cl3F6NOS. The molecule has 1 aliphatic carbocycles. The third kappa shape index (κ3) is 8.73. The number of carbonyl (C=O) groups is 1. The van der Waals surface area contributed by atoms with Gasteiger partial charge in [0.05, 0.1) is 21.0 Å². The predicted molar refractivity (Wildman–Crippen MR) is 138 cm³/mol. The van der Waals surface area contributed by atoms with Gasteiger partial charge in [0.1, 0.15) is 6.42 Å². The van der Waals surface area contributed by atoms with Gasteiger partial charge in [-0.25, -0.2) is 0 Å². The fourth-order valence-corrected chi connectivity index (χ4v) is 5.93. The Balaban J connectivity index is 1.69. The van der Waals surface area contributed by atoms with Crippen LogP contribution in [0.5, 0.6) is 0 Å². The van der Waals surface area contributed by atoms with Gasteiger partial charge in [0.25, 0.3) is 0 Å². The lowest BCUT2D eigenvalue weighted by Gasteiger charge is -2.25. The van der Waals surface area contributed by atoms with Gasteiger partial charge in [-0.15, -0.1) is 0 Å². The highest BCUT2D eigenvalue weighted by atomic mass is 35.5. The van der Waals surface area contributed by atoms with Gasteiger partial charge in [0.2, 0.25) is 5.91 Å². The molecule has 0 bridgehead atoms.